The zero-order valence-corrected chi connectivity index (χ0v) is 16.8. The van der Waals surface area contributed by atoms with Crippen LogP contribution >= 0.6 is 23.4 Å². The lowest BCUT2D eigenvalue weighted by Gasteiger charge is -2.13. The summed E-state index contributed by atoms with van der Waals surface area (Å²) < 4.78 is 17.1. The highest BCUT2D eigenvalue weighted by atomic mass is 35.5. The molecule has 0 saturated heterocycles. The summed E-state index contributed by atoms with van der Waals surface area (Å²) in [6.45, 7) is 3.03. The van der Waals surface area contributed by atoms with Crippen LogP contribution in [0.5, 0.6) is 17.2 Å². The van der Waals surface area contributed by atoms with E-state index in [1.165, 1.54) is 0 Å². The Morgan fingerprint density at radius 3 is 2.50 bits per heavy atom. The fourth-order valence-corrected chi connectivity index (χ4v) is 3.32. The number of nitrogens with zero attached hydrogens (tertiary/aromatic N) is 1. The first-order chi connectivity index (χ1) is 13.6. The fraction of sp³-hybridized carbons (Fsp3) is 0.200. The minimum atomic E-state index is -0.336. The highest BCUT2D eigenvalue weighted by molar-refractivity contribution is 8.18. The topological polar surface area (TPSA) is 83.1 Å². The Morgan fingerprint density at radius 1 is 1.07 bits per heavy atom. The number of thioether (sulfide) groups is 1. The molecule has 2 N–H and O–H groups in total. The maximum Gasteiger partial charge on any atom is 0.286 e. The molecule has 146 valence electrons. The number of hydrogen-bond donors (Lipinski definition) is 1. The van der Waals surface area contributed by atoms with Gasteiger partial charge in [0, 0.05) is 0 Å². The second kappa shape index (κ2) is 9.52. The first-order valence-corrected chi connectivity index (χ1v) is 9.81. The molecule has 0 unspecified atom stereocenters. The van der Waals surface area contributed by atoms with Crippen LogP contribution in [0.1, 0.15) is 12.5 Å². The predicted molar refractivity (Wildman–Crippen MR) is 112 cm³/mol. The minimum Gasteiger partial charge on any atom is -0.490 e. The van der Waals surface area contributed by atoms with E-state index in [9.17, 15) is 4.79 Å². The van der Waals surface area contributed by atoms with E-state index in [2.05, 4.69) is 4.99 Å². The lowest BCUT2D eigenvalue weighted by Crippen LogP contribution is -2.10. The first kappa shape index (κ1) is 20.1. The molecular weight excluding hydrogens is 400 g/mol. The van der Waals surface area contributed by atoms with E-state index in [0.717, 1.165) is 17.3 Å². The molecule has 6 nitrogen and oxygen atoms in total. The second-order valence-corrected chi connectivity index (χ2v) is 7.10. The van der Waals surface area contributed by atoms with Crippen molar-refractivity contribution in [2.75, 3.05) is 19.8 Å². The van der Waals surface area contributed by atoms with Gasteiger partial charge in [0.05, 0.1) is 16.5 Å². The van der Waals surface area contributed by atoms with Crippen molar-refractivity contribution in [3.05, 3.63) is 58.0 Å². The van der Waals surface area contributed by atoms with Gasteiger partial charge in [-0.3, -0.25) is 4.79 Å². The smallest absolute Gasteiger partial charge is 0.286 e. The summed E-state index contributed by atoms with van der Waals surface area (Å²) in [6.07, 6.45) is 1.73. The Labute approximate surface area is 172 Å². The molecule has 0 atom stereocenters. The van der Waals surface area contributed by atoms with Crippen molar-refractivity contribution >= 4 is 40.5 Å². The van der Waals surface area contributed by atoms with Gasteiger partial charge in [-0.25, -0.2) is 0 Å². The second-order valence-electron chi connectivity index (χ2n) is 5.63. The van der Waals surface area contributed by atoms with Gasteiger partial charge in [-0.15, -0.1) is 0 Å². The highest BCUT2D eigenvalue weighted by Crippen LogP contribution is 2.32. The normalized spacial score (nSPS) is 14.9. The molecule has 0 bridgehead atoms. The summed E-state index contributed by atoms with van der Waals surface area (Å²) in [6, 6.07) is 12.7. The largest absolute Gasteiger partial charge is 0.490 e. The van der Waals surface area contributed by atoms with E-state index in [4.69, 9.17) is 31.5 Å². The van der Waals surface area contributed by atoms with Gasteiger partial charge in [0.15, 0.2) is 16.7 Å². The summed E-state index contributed by atoms with van der Waals surface area (Å²) in [5.74, 6) is 1.45. The van der Waals surface area contributed by atoms with Gasteiger partial charge in [-0.05, 0) is 54.6 Å². The van der Waals surface area contributed by atoms with Gasteiger partial charge >= 0.3 is 0 Å². The average Bonchev–Trinajstić information content (AvgIpc) is 2.99. The number of carbonyl (C=O) groups is 1. The van der Waals surface area contributed by atoms with Crippen molar-refractivity contribution in [1.29, 1.82) is 0 Å². The molecule has 2 aromatic carbocycles. The molecule has 1 aliphatic heterocycles. The quantitative estimate of drug-likeness (QED) is 0.512. The number of para-hydroxylation sites is 1. The Bertz CT molecular complexity index is 930. The lowest BCUT2D eigenvalue weighted by molar-refractivity contribution is -0.113. The van der Waals surface area contributed by atoms with Gasteiger partial charge in [0.2, 0.25) is 0 Å². The van der Waals surface area contributed by atoms with Gasteiger partial charge < -0.3 is 19.9 Å². The van der Waals surface area contributed by atoms with Crippen molar-refractivity contribution in [3.8, 4) is 17.2 Å². The van der Waals surface area contributed by atoms with Crippen molar-refractivity contribution < 1.29 is 19.0 Å². The van der Waals surface area contributed by atoms with E-state index in [-0.39, 0.29) is 11.1 Å². The van der Waals surface area contributed by atoms with E-state index in [1.807, 2.05) is 31.2 Å². The monoisotopic (exact) mass is 418 g/mol. The summed E-state index contributed by atoms with van der Waals surface area (Å²) in [7, 11) is 0. The maximum atomic E-state index is 11.7. The third-order valence-corrected chi connectivity index (χ3v) is 4.76. The van der Waals surface area contributed by atoms with Crippen LogP contribution in [0.4, 0.5) is 0 Å². The molecule has 2 aromatic rings. The van der Waals surface area contributed by atoms with Gasteiger partial charge in [0.25, 0.3) is 5.91 Å². The summed E-state index contributed by atoms with van der Waals surface area (Å²) in [5.41, 5.74) is 6.37. The van der Waals surface area contributed by atoms with Crippen LogP contribution in [-0.2, 0) is 4.79 Å². The Kier molecular flexibility index (Phi) is 6.84. The number of benzene rings is 2. The molecule has 8 heteroatoms. The molecule has 0 aromatic heterocycles. The Balaban J connectivity index is 1.63. The molecule has 3 rings (SSSR count). The number of ether oxygens (including phenoxy) is 3. The van der Waals surface area contributed by atoms with Crippen molar-refractivity contribution in [1.82, 2.24) is 0 Å². The van der Waals surface area contributed by atoms with Gasteiger partial charge in [-0.1, -0.05) is 29.8 Å². The summed E-state index contributed by atoms with van der Waals surface area (Å²) >= 11 is 7.21. The molecule has 1 amide bonds. The zero-order chi connectivity index (χ0) is 19.9. The van der Waals surface area contributed by atoms with E-state index in [1.54, 1.807) is 24.3 Å². The molecule has 28 heavy (non-hydrogen) atoms. The first-order valence-electron chi connectivity index (χ1n) is 8.62. The molecule has 0 radical (unpaired) electrons. The molecule has 0 aliphatic carbocycles. The molecule has 0 fully saturated rings. The van der Waals surface area contributed by atoms with Crippen LogP contribution in [0.2, 0.25) is 5.02 Å². The Morgan fingerprint density at radius 2 is 1.82 bits per heavy atom. The summed E-state index contributed by atoms with van der Waals surface area (Å²) in [5, 5.41) is 0.804. The van der Waals surface area contributed by atoms with Crippen LogP contribution < -0.4 is 19.9 Å². The number of amidine groups is 1. The van der Waals surface area contributed by atoms with Crippen LogP contribution in [-0.4, -0.2) is 30.9 Å². The maximum absolute atomic E-state index is 11.7. The zero-order valence-electron chi connectivity index (χ0n) is 15.2. The number of hydrogen-bond acceptors (Lipinski definition) is 6. The van der Waals surface area contributed by atoms with Gasteiger partial charge in [0.1, 0.15) is 19.0 Å². The molecule has 0 spiro atoms. The number of aliphatic imine (C=N–C) groups is 1. The SMILES string of the molecule is CCOc1cc(/C=C2/SC(N)=NC2=O)ccc1OCCOc1ccccc1Cl. The van der Waals surface area contributed by atoms with E-state index < -0.39 is 0 Å². The van der Waals surface area contributed by atoms with Gasteiger partial charge in [-0.2, -0.15) is 4.99 Å². The third kappa shape index (κ3) is 5.21. The minimum absolute atomic E-state index is 0.250. The van der Waals surface area contributed by atoms with Crippen LogP contribution in [0, 0.1) is 0 Å². The molecular formula is C20H19ClN2O4S. The van der Waals surface area contributed by atoms with Crippen molar-refractivity contribution in [2.24, 2.45) is 10.7 Å². The Hall–Kier alpha value is -2.64. The molecule has 1 aliphatic rings. The van der Waals surface area contributed by atoms with Crippen LogP contribution in [0.15, 0.2) is 52.4 Å². The van der Waals surface area contributed by atoms with E-state index in [0.29, 0.717) is 47.0 Å². The lowest BCUT2D eigenvalue weighted by atomic mass is 10.2. The van der Waals surface area contributed by atoms with Crippen molar-refractivity contribution in [2.45, 2.75) is 6.92 Å². The summed E-state index contributed by atoms with van der Waals surface area (Å²) in [4.78, 5) is 15.9. The number of carbonyl (C=O) groups excluding carboxylic acids is 1. The number of amides is 1. The number of nitrogens with two attached hydrogens (primary N) is 1. The number of rotatable bonds is 8. The molecule has 1 heterocycles. The van der Waals surface area contributed by atoms with Crippen LogP contribution in [0.3, 0.4) is 0 Å². The van der Waals surface area contributed by atoms with E-state index >= 15 is 0 Å². The van der Waals surface area contributed by atoms with Crippen molar-refractivity contribution in [3.63, 3.8) is 0 Å². The number of halogens is 1. The third-order valence-electron chi connectivity index (χ3n) is 3.64. The highest BCUT2D eigenvalue weighted by Gasteiger charge is 2.19. The average molecular weight is 419 g/mol. The standard InChI is InChI=1S/C20H19ClN2O4S/c1-2-25-17-11-13(12-18-19(24)23-20(22)28-18)7-8-16(17)27-10-9-26-15-6-4-3-5-14(15)21/h3-8,11-12H,2,9-10H2,1H3,(H2,22,23,24)/b18-12+. The fourth-order valence-electron chi connectivity index (χ4n) is 2.44. The molecule has 0 saturated carbocycles. The van der Waals surface area contributed by atoms with Crippen LogP contribution in [0.25, 0.3) is 6.08 Å². The predicted octanol–water partition coefficient (Wildman–Crippen LogP) is 4.13.